The lowest BCUT2D eigenvalue weighted by molar-refractivity contribution is -0.274. The number of aromatic hydroxyl groups is 1. The van der Waals surface area contributed by atoms with Gasteiger partial charge >= 0.3 is 6.36 Å². The van der Waals surface area contributed by atoms with E-state index in [9.17, 15) is 27.9 Å². The second kappa shape index (κ2) is 11.2. The van der Waals surface area contributed by atoms with Gasteiger partial charge in [0, 0.05) is 55.4 Å². The monoisotopic (exact) mass is 534 g/mol. The van der Waals surface area contributed by atoms with Crippen molar-refractivity contribution in [1.82, 2.24) is 20.1 Å². The second-order valence-electron chi connectivity index (χ2n) is 8.49. The third-order valence-electron chi connectivity index (χ3n) is 5.78. The molecule has 0 radical (unpaired) electrons. The summed E-state index contributed by atoms with van der Waals surface area (Å²) in [6.45, 7) is 4.43. The van der Waals surface area contributed by atoms with Crippen LogP contribution in [-0.2, 0) is 13.1 Å². The van der Waals surface area contributed by atoms with Gasteiger partial charge in [0.15, 0.2) is 5.69 Å². The lowest BCUT2D eigenvalue weighted by Gasteiger charge is -2.34. The maximum atomic E-state index is 12.7. The number of amides is 2. The van der Waals surface area contributed by atoms with Gasteiger partial charge in [0.05, 0.1) is 4.88 Å². The highest BCUT2D eigenvalue weighted by atomic mass is 32.1. The number of nitrogens with zero attached hydrogens (tertiary/aromatic N) is 3. The van der Waals surface area contributed by atoms with Crippen molar-refractivity contribution in [3.8, 4) is 11.5 Å². The zero-order valence-corrected chi connectivity index (χ0v) is 20.7. The molecule has 12 heteroatoms. The predicted octanol–water partition coefficient (Wildman–Crippen LogP) is 3.94. The molecule has 1 aromatic carbocycles. The number of hydrogen-bond donors (Lipinski definition) is 2. The Morgan fingerprint density at radius 1 is 1.08 bits per heavy atom. The molecule has 0 atom stereocenters. The Morgan fingerprint density at radius 3 is 2.54 bits per heavy atom. The van der Waals surface area contributed by atoms with Crippen LogP contribution in [0.1, 0.15) is 36.3 Å². The van der Waals surface area contributed by atoms with Gasteiger partial charge < -0.3 is 20.1 Å². The summed E-state index contributed by atoms with van der Waals surface area (Å²) in [4.78, 5) is 34.7. The van der Waals surface area contributed by atoms with E-state index >= 15 is 0 Å². The van der Waals surface area contributed by atoms with Crippen LogP contribution in [0.15, 0.2) is 48.5 Å². The molecule has 37 heavy (non-hydrogen) atoms. The Labute approximate surface area is 215 Å². The highest BCUT2D eigenvalue weighted by Gasteiger charge is 2.32. The number of rotatable bonds is 7. The fourth-order valence-corrected chi connectivity index (χ4v) is 4.87. The van der Waals surface area contributed by atoms with E-state index in [-0.39, 0.29) is 41.1 Å². The van der Waals surface area contributed by atoms with Gasteiger partial charge in [-0.1, -0.05) is 18.2 Å². The molecule has 0 saturated carbocycles. The number of carbonyl (C=O) groups is 2. The van der Waals surface area contributed by atoms with Gasteiger partial charge in [-0.3, -0.25) is 14.5 Å². The molecule has 1 aliphatic rings. The number of benzene rings is 1. The largest absolute Gasteiger partial charge is 0.573 e. The molecule has 0 bridgehead atoms. The number of carbonyl (C=O) groups excluding carboxylic acids is 2. The number of alkyl halides is 3. The molecule has 3 aromatic rings. The van der Waals surface area contributed by atoms with E-state index < -0.39 is 6.36 Å². The van der Waals surface area contributed by atoms with Gasteiger partial charge in [0.1, 0.15) is 11.5 Å². The molecule has 0 unspecified atom stereocenters. The summed E-state index contributed by atoms with van der Waals surface area (Å²) in [5, 5.41) is 12.6. The Kier molecular flexibility index (Phi) is 7.98. The van der Waals surface area contributed by atoms with Gasteiger partial charge in [-0.2, -0.15) is 0 Å². The Bertz CT molecular complexity index is 1270. The zero-order valence-electron chi connectivity index (χ0n) is 19.9. The average Bonchev–Trinajstić information content (AvgIpc) is 3.32. The number of pyridine rings is 1. The third-order valence-corrected chi connectivity index (χ3v) is 6.85. The number of hydrogen-bond acceptors (Lipinski definition) is 7. The van der Waals surface area contributed by atoms with E-state index in [1.54, 1.807) is 30.0 Å². The smallest absolute Gasteiger partial charge is 0.505 e. The van der Waals surface area contributed by atoms with Gasteiger partial charge in [-0.25, -0.2) is 4.98 Å². The van der Waals surface area contributed by atoms with Crippen LogP contribution in [-0.4, -0.2) is 64.2 Å². The number of para-hydroxylation sites is 1. The van der Waals surface area contributed by atoms with Gasteiger partial charge in [0.2, 0.25) is 0 Å². The van der Waals surface area contributed by atoms with E-state index in [1.165, 1.54) is 35.6 Å². The first-order valence-corrected chi connectivity index (χ1v) is 12.3. The van der Waals surface area contributed by atoms with Crippen LogP contribution >= 0.6 is 11.3 Å². The molecule has 0 aliphatic carbocycles. The molecule has 196 valence electrons. The van der Waals surface area contributed by atoms with Crippen LogP contribution in [0, 0.1) is 6.92 Å². The molecular weight excluding hydrogens is 509 g/mol. The normalized spacial score (nSPS) is 14.4. The van der Waals surface area contributed by atoms with Crippen molar-refractivity contribution in [3.05, 3.63) is 75.2 Å². The minimum atomic E-state index is -4.82. The van der Waals surface area contributed by atoms with E-state index in [4.69, 9.17) is 0 Å². The van der Waals surface area contributed by atoms with Crippen LogP contribution in [0.5, 0.6) is 11.5 Å². The lowest BCUT2D eigenvalue weighted by atomic mass is 10.2. The quantitative estimate of drug-likeness (QED) is 0.477. The average molecular weight is 535 g/mol. The summed E-state index contributed by atoms with van der Waals surface area (Å²) in [6, 6.07) is 12.3. The Hall–Kier alpha value is -3.64. The van der Waals surface area contributed by atoms with E-state index in [0.29, 0.717) is 43.3 Å². The predicted molar refractivity (Wildman–Crippen MR) is 130 cm³/mol. The first-order valence-electron chi connectivity index (χ1n) is 11.5. The summed E-state index contributed by atoms with van der Waals surface area (Å²) < 4.78 is 41.8. The van der Waals surface area contributed by atoms with E-state index in [0.717, 1.165) is 4.88 Å². The van der Waals surface area contributed by atoms with Crippen molar-refractivity contribution in [2.75, 3.05) is 26.2 Å². The standard InChI is InChI=1S/C25H25F3N4O4S/c1-16-6-8-19(33)22(30-16)24(35)32-12-10-31(11-13-32)15-18-7-9-21(37-18)23(34)29-14-17-4-2-3-5-20(17)36-25(26,27)28/h2-9,33H,10-15H2,1H3,(H,29,34). The molecule has 1 fully saturated rings. The summed E-state index contributed by atoms with van der Waals surface area (Å²) in [5.74, 6) is -1.19. The molecule has 8 nitrogen and oxygen atoms in total. The summed E-state index contributed by atoms with van der Waals surface area (Å²) in [5.41, 5.74) is 0.915. The van der Waals surface area contributed by atoms with Crippen LogP contribution in [0.3, 0.4) is 0 Å². The van der Waals surface area contributed by atoms with Crippen molar-refractivity contribution in [1.29, 1.82) is 0 Å². The molecule has 1 saturated heterocycles. The van der Waals surface area contributed by atoms with Crippen molar-refractivity contribution in [2.45, 2.75) is 26.4 Å². The number of halogens is 3. The number of thiophene rings is 1. The summed E-state index contributed by atoms with van der Waals surface area (Å²) in [6.07, 6.45) is -4.82. The number of ether oxygens (including phenoxy) is 1. The molecular formula is C25H25F3N4O4S. The molecule has 2 amide bonds. The summed E-state index contributed by atoms with van der Waals surface area (Å²) in [7, 11) is 0. The van der Waals surface area contributed by atoms with Gasteiger partial charge in [-0.15, -0.1) is 24.5 Å². The second-order valence-corrected chi connectivity index (χ2v) is 9.66. The number of nitrogens with one attached hydrogen (secondary N) is 1. The highest BCUT2D eigenvalue weighted by Crippen LogP contribution is 2.26. The van der Waals surface area contributed by atoms with E-state index in [2.05, 4.69) is 19.9 Å². The zero-order chi connectivity index (χ0) is 26.6. The van der Waals surface area contributed by atoms with Crippen LogP contribution in [0.4, 0.5) is 13.2 Å². The molecule has 3 heterocycles. The number of aromatic nitrogens is 1. The number of aryl methyl sites for hydroxylation is 1. The maximum absolute atomic E-state index is 12.7. The van der Waals surface area contributed by atoms with Crippen molar-refractivity contribution in [3.63, 3.8) is 0 Å². The minimum Gasteiger partial charge on any atom is -0.505 e. The SMILES string of the molecule is Cc1ccc(O)c(C(=O)N2CCN(Cc3ccc(C(=O)NCc4ccccc4OC(F)(F)F)s3)CC2)n1. The first-order chi connectivity index (χ1) is 17.6. The first kappa shape index (κ1) is 26.4. The fraction of sp³-hybridized carbons (Fsp3) is 0.320. The third kappa shape index (κ3) is 6.98. The Morgan fingerprint density at radius 2 is 1.81 bits per heavy atom. The van der Waals surface area contributed by atoms with Gasteiger partial charge in [0.25, 0.3) is 11.8 Å². The van der Waals surface area contributed by atoms with Crippen LogP contribution < -0.4 is 10.1 Å². The lowest BCUT2D eigenvalue weighted by Crippen LogP contribution is -2.48. The van der Waals surface area contributed by atoms with E-state index in [1.807, 2.05) is 6.07 Å². The van der Waals surface area contributed by atoms with Crippen LogP contribution in [0.2, 0.25) is 0 Å². The van der Waals surface area contributed by atoms with Crippen molar-refractivity contribution >= 4 is 23.2 Å². The molecule has 2 aromatic heterocycles. The molecule has 4 rings (SSSR count). The highest BCUT2D eigenvalue weighted by molar-refractivity contribution is 7.14. The molecule has 0 spiro atoms. The summed E-state index contributed by atoms with van der Waals surface area (Å²) >= 11 is 1.30. The number of piperazine rings is 1. The molecule has 1 aliphatic heterocycles. The van der Waals surface area contributed by atoms with Crippen molar-refractivity contribution in [2.24, 2.45) is 0 Å². The molecule has 2 N–H and O–H groups in total. The van der Waals surface area contributed by atoms with Crippen molar-refractivity contribution < 1.29 is 32.6 Å². The Balaban J connectivity index is 1.28. The van der Waals surface area contributed by atoms with Gasteiger partial charge in [-0.05, 0) is 37.3 Å². The fourth-order valence-electron chi connectivity index (χ4n) is 3.91. The topological polar surface area (TPSA) is 95.0 Å². The maximum Gasteiger partial charge on any atom is 0.573 e. The van der Waals surface area contributed by atoms with Crippen LogP contribution in [0.25, 0.3) is 0 Å². The minimum absolute atomic E-state index is 0.0509.